The number of hydrogen-bond acceptors (Lipinski definition) is 6. The lowest BCUT2D eigenvalue weighted by atomic mass is 10.0. The molecule has 0 unspecified atom stereocenters. The maximum absolute atomic E-state index is 9.75. The van der Waals surface area contributed by atoms with Gasteiger partial charge in [0.05, 0.1) is 34.7 Å². The molecule has 0 radical (unpaired) electrons. The summed E-state index contributed by atoms with van der Waals surface area (Å²) in [6.07, 6.45) is 3.16. The third kappa shape index (κ3) is 3.50. The van der Waals surface area contributed by atoms with E-state index in [-0.39, 0.29) is 12.5 Å². The molecule has 0 spiro atoms. The normalized spacial score (nSPS) is 10.2. The summed E-state index contributed by atoms with van der Waals surface area (Å²) in [5.41, 5.74) is 4.07. The molecule has 28 heavy (non-hydrogen) atoms. The summed E-state index contributed by atoms with van der Waals surface area (Å²) >= 11 is 1.57. The Bertz CT molecular complexity index is 1170. The zero-order chi connectivity index (χ0) is 19.3. The average Bonchev–Trinajstić information content (AvgIpc) is 3.46. The molecule has 6 heteroatoms. The standard InChI is InChI=1S/C22H13N3O2S/c23-11-15-3-5-16(6-4-15)13-27-22-19(12-24)18(17-7-8-26-14-17)10-20(25-22)21-2-1-9-28-21/h1-10,14H,13H2. The van der Waals surface area contributed by atoms with E-state index in [2.05, 4.69) is 17.1 Å². The molecule has 0 aliphatic heterocycles. The van der Waals surface area contributed by atoms with Crippen molar-refractivity contribution in [2.75, 3.05) is 0 Å². The summed E-state index contributed by atoms with van der Waals surface area (Å²) in [5, 5.41) is 20.6. The fraction of sp³-hybridized carbons (Fsp3) is 0.0455. The van der Waals surface area contributed by atoms with E-state index in [1.807, 2.05) is 35.7 Å². The van der Waals surface area contributed by atoms with E-state index in [0.29, 0.717) is 16.7 Å². The number of ether oxygens (including phenoxy) is 1. The third-order valence-corrected chi connectivity index (χ3v) is 5.05. The predicted molar refractivity (Wildman–Crippen MR) is 105 cm³/mol. The van der Waals surface area contributed by atoms with Gasteiger partial charge in [0.25, 0.3) is 0 Å². The lowest BCUT2D eigenvalue weighted by Gasteiger charge is -2.12. The maximum Gasteiger partial charge on any atom is 0.233 e. The quantitative estimate of drug-likeness (QED) is 0.461. The molecule has 1 aromatic carbocycles. The minimum Gasteiger partial charge on any atom is -0.472 e. The van der Waals surface area contributed by atoms with E-state index in [1.165, 1.54) is 0 Å². The van der Waals surface area contributed by atoms with Gasteiger partial charge in [0, 0.05) is 11.1 Å². The summed E-state index contributed by atoms with van der Waals surface area (Å²) in [6, 6.07) is 19.0. The van der Waals surface area contributed by atoms with Crippen LogP contribution in [-0.4, -0.2) is 4.98 Å². The smallest absolute Gasteiger partial charge is 0.233 e. The molecule has 0 aliphatic carbocycles. The van der Waals surface area contributed by atoms with E-state index in [4.69, 9.17) is 14.4 Å². The molecule has 134 valence electrons. The van der Waals surface area contributed by atoms with Crippen molar-refractivity contribution in [2.24, 2.45) is 0 Å². The first kappa shape index (κ1) is 17.5. The molecular weight excluding hydrogens is 370 g/mol. The van der Waals surface area contributed by atoms with Gasteiger partial charge in [-0.3, -0.25) is 0 Å². The second-order valence-electron chi connectivity index (χ2n) is 5.93. The molecule has 0 atom stereocenters. The average molecular weight is 383 g/mol. The first-order valence-corrected chi connectivity index (χ1v) is 9.30. The number of aromatic nitrogens is 1. The molecule has 0 bridgehead atoms. The van der Waals surface area contributed by atoms with Crippen molar-refractivity contribution in [3.63, 3.8) is 0 Å². The van der Waals surface area contributed by atoms with Crippen LogP contribution in [-0.2, 0) is 6.61 Å². The molecular formula is C22H13N3O2S. The Balaban J connectivity index is 1.74. The van der Waals surface area contributed by atoms with Gasteiger partial charge in [-0.05, 0) is 41.3 Å². The van der Waals surface area contributed by atoms with Gasteiger partial charge >= 0.3 is 0 Å². The van der Waals surface area contributed by atoms with E-state index in [0.717, 1.165) is 21.7 Å². The first-order valence-electron chi connectivity index (χ1n) is 8.42. The zero-order valence-corrected chi connectivity index (χ0v) is 15.4. The Morgan fingerprint density at radius 1 is 1.07 bits per heavy atom. The van der Waals surface area contributed by atoms with Crippen LogP contribution >= 0.6 is 11.3 Å². The maximum atomic E-state index is 9.75. The summed E-state index contributed by atoms with van der Waals surface area (Å²) < 4.78 is 11.1. The van der Waals surface area contributed by atoms with Gasteiger partial charge in [0.15, 0.2) is 0 Å². The van der Waals surface area contributed by atoms with Crippen molar-refractivity contribution < 1.29 is 9.15 Å². The molecule has 5 nitrogen and oxygen atoms in total. The van der Waals surface area contributed by atoms with Crippen LogP contribution in [0, 0.1) is 22.7 Å². The van der Waals surface area contributed by atoms with E-state index < -0.39 is 0 Å². The van der Waals surface area contributed by atoms with Gasteiger partial charge in [-0.2, -0.15) is 10.5 Å². The van der Waals surface area contributed by atoms with E-state index >= 15 is 0 Å². The predicted octanol–water partition coefficient (Wildman–Crippen LogP) is 5.39. The summed E-state index contributed by atoms with van der Waals surface area (Å²) in [5.74, 6) is 0.272. The molecule has 4 rings (SSSR count). The van der Waals surface area contributed by atoms with Gasteiger partial charge in [-0.25, -0.2) is 4.98 Å². The van der Waals surface area contributed by atoms with Crippen molar-refractivity contribution >= 4 is 11.3 Å². The summed E-state index contributed by atoms with van der Waals surface area (Å²) in [6.45, 7) is 0.242. The van der Waals surface area contributed by atoms with Crippen molar-refractivity contribution in [1.82, 2.24) is 4.98 Å². The number of thiophene rings is 1. The Labute approximate surface area is 165 Å². The molecule has 0 saturated carbocycles. The minimum absolute atomic E-state index is 0.242. The number of furan rings is 1. The van der Waals surface area contributed by atoms with E-state index in [9.17, 15) is 5.26 Å². The monoisotopic (exact) mass is 383 g/mol. The van der Waals surface area contributed by atoms with Gasteiger partial charge < -0.3 is 9.15 Å². The third-order valence-electron chi connectivity index (χ3n) is 4.16. The van der Waals surface area contributed by atoms with Gasteiger partial charge in [0.1, 0.15) is 18.2 Å². The topological polar surface area (TPSA) is 82.8 Å². The van der Waals surface area contributed by atoms with Crippen LogP contribution in [0.4, 0.5) is 0 Å². The highest BCUT2D eigenvalue weighted by Gasteiger charge is 2.17. The van der Waals surface area contributed by atoms with Gasteiger partial charge in [0.2, 0.25) is 5.88 Å². The Hall–Kier alpha value is -3.87. The van der Waals surface area contributed by atoms with Crippen LogP contribution in [0.15, 0.2) is 70.9 Å². The highest BCUT2D eigenvalue weighted by Crippen LogP contribution is 2.35. The Morgan fingerprint density at radius 3 is 2.57 bits per heavy atom. The number of hydrogen-bond donors (Lipinski definition) is 0. The lowest BCUT2D eigenvalue weighted by molar-refractivity contribution is 0.293. The largest absolute Gasteiger partial charge is 0.472 e. The molecule has 0 fully saturated rings. The van der Waals surface area contributed by atoms with Crippen molar-refractivity contribution in [3.05, 3.63) is 83.1 Å². The number of pyridine rings is 1. The number of nitrogens with zero attached hydrogens (tertiary/aromatic N) is 3. The molecule has 4 aromatic rings. The molecule has 0 saturated heterocycles. The van der Waals surface area contributed by atoms with E-state index in [1.54, 1.807) is 42.1 Å². The van der Waals surface area contributed by atoms with Gasteiger partial charge in [-0.1, -0.05) is 18.2 Å². The second-order valence-corrected chi connectivity index (χ2v) is 6.88. The highest BCUT2D eigenvalue weighted by molar-refractivity contribution is 7.13. The first-order chi connectivity index (χ1) is 13.8. The SMILES string of the molecule is N#Cc1ccc(COc2nc(-c3cccs3)cc(-c3ccoc3)c2C#N)cc1. The van der Waals surface area contributed by atoms with Crippen LogP contribution in [0.3, 0.4) is 0 Å². The van der Waals surface area contributed by atoms with Crippen molar-refractivity contribution in [3.8, 4) is 39.7 Å². The fourth-order valence-corrected chi connectivity index (χ4v) is 3.44. The van der Waals surface area contributed by atoms with Gasteiger partial charge in [-0.15, -0.1) is 11.3 Å². The van der Waals surface area contributed by atoms with Crippen LogP contribution in [0.1, 0.15) is 16.7 Å². The van der Waals surface area contributed by atoms with Crippen molar-refractivity contribution in [1.29, 1.82) is 10.5 Å². The Kier molecular flexibility index (Phi) is 4.88. The van der Waals surface area contributed by atoms with Crippen LogP contribution in [0.2, 0.25) is 0 Å². The van der Waals surface area contributed by atoms with Crippen LogP contribution in [0.25, 0.3) is 21.7 Å². The molecule has 0 N–H and O–H groups in total. The number of nitriles is 2. The summed E-state index contributed by atoms with van der Waals surface area (Å²) in [7, 11) is 0. The fourth-order valence-electron chi connectivity index (χ4n) is 2.76. The highest BCUT2D eigenvalue weighted by atomic mass is 32.1. The molecule has 0 aliphatic rings. The lowest BCUT2D eigenvalue weighted by Crippen LogP contribution is -2.02. The Morgan fingerprint density at radius 2 is 1.93 bits per heavy atom. The second kappa shape index (κ2) is 7.79. The molecule has 3 aromatic heterocycles. The minimum atomic E-state index is 0.242. The zero-order valence-electron chi connectivity index (χ0n) is 14.6. The van der Waals surface area contributed by atoms with Crippen LogP contribution in [0.5, 0.6) is 5.88 Å². The number of benzene rings is 1. The van der Waals surface area contributed by atoms with Crippen molar-refractivity contribution in [2.45, 2.75) is 6.61 Å². The number of rotatable bonds is 5. The van der Waals surface area contributed by atoms with Crippen LogP contribution < -0.4 is 4.74 Å². The summed E-state index contributed by atoms with van der Waals surface area (Å²) in [4.78, 5) is 5.57. The molecule has 3 heterocycles. The molecule has 0 amide bonds.